The zero-order valence-electron chi connectivity index (χ0n) is 14.1. The number of benzene rings is 1. The number of nitrogens with one attached hydrogen (secondary N) is 1. The fourth-order valence-electron chi connectivity index (χ4n) is 2.79. The second-order valence-electron chi connectivity index (χ2n) is 5.88. The molecule has 132 valence electrons. The van der Waals surface area contributed by atoms with Crippen molar-refractivity contribution in [2.24, 2.45) is 0 Å². The van der Waals surface area contributed by atoms with E-state index in [9.17, 15) is 4.79 Å². The van der Waals surface area contributed by atoms with Crippen molar-refractivity contribution in [1.82, 2.24) is 9.97 Å². The van der Waals surface area contributed by atoms with Gasteiger partial charge in [-0.2, -0.15) is 0 Å². The number of thiazole rings is 1. The minimum atomic E-state index is -0.161. The van der Waals surface area contributed by atoms with Gasteiger partial charge < -0.3 is 9.64 Å². The molecule has 6 nitrogen and oxygen atoms in total. The van der Waals surface area contributed by atoms with Crippen LogP contribution in [0.2, 0.25) is 0 Å². The fraction of sp³-hybridized carbons (Fsp3) is 0.211. The van der Waals surface area contributed by atoms with Crippen LogP contribution in [-0.4, -0.2) is 42.2 Å². The SMILES string of the molecule is O=C(Nc1nc(-c2cccnc2)cs1)c1ccc(N2CCOCC2)cc1. The Labute approximate surface area is 155 Å². The monoisotopic (exact) mass is 366 g/mol. The third-order valence-electron chi connectivity index (χ3n) is 4.19. The van der Waals surface area contributed by atoms with Crippen LogP contribution in [0.4, 0.5) is 10.8 Å². The summed E-state index contributed by atoms with van der Waals surface area (Å²) in [7, 11) is 0. The molecule has 1 fully saturated rings. The molecule has 0 spiro atoms. The van der Waals surface area contributed by atoms with Crippen LogP contribution in [0.1, 0.15) is 10.4 Å². The number of amides is 1. The van der Waals surface area contributed by atoms with Crippen molar-refractivity contribution in [3.8, 4) is 11.3 Å². The Morgan fingerprint density at radius 3 is 2.69 bits per heavy atom. The van der Waals surface area contributed by atoms with E-state index in [0.717, 1.165) is 43.2 Å². The van der Waals surface area contributed by atoms with E-state index in [1.807, 2.05) is 41.8 Å². The Morgan fingerprint density at radius 2 is 1.96 bits per heavy atom. The van der Waals surface area contributed by atoms with E-state index in [0.29, 0.717) is 10.7 Å². The molecule has 7 heteroatoms. The first-order chi connectivity index (χ1) is 12.8. The third kappa shape index (κ3) is 3.74. The molecular weight excluding hydrogens is 348 g/mol. The van der Waals surface area contributed by atoms with Gasteiger partial charge in [-0.1, -0.05) is 0 Å². The Bertz CT molecular complexity index is 874. The summed E-state index contributed by atoms with van der Waals surface area (Å²) < 4.78 is 5.37. The zero-order chi connectivity index (χ0) is 17.8. The molecule has 0 radical (unpaired) electrons. The summed E-state index contributed by atoms with van der Waals surface area (Å²) in [6.45, 7) is 3.24. The molecule has 1 aromatic carbocycles. The number of rotatable bonds is 4. The maximum Gasteiger partial charge on any atom is 0.257 e. The van der Waals surface area contributed by atoms with Gasteiger partial charge in [-0.25, -0.2) is 4.98 Å². The summed E-state index contributed by atoms with van der Waals surface area (Å²) in [6, 6.07) is 11.4. The van der Waals surface area contributed by atoms with Crippen LogP contribution >= 0.6 is 11.3 Å². The van der Waals surface area contributed by atoms with E-state index >= 15 is 0 Å². The summed E-state index contributed by atoms with van der Waals surface area (Å²) in [6.07, 6.45) is 3.48. The number of morpholine rings is 1. The molecule has 0 bridgehead atoms. The first-order valence-electron chi connectivity index (χ1n) is 8.40. The Kier molecular flexibility index (Phi) is 4.90. The molecule has 2 aromatic heterocycles. The predicted molar refractivity (Wildman–Crippen MR) is 103 cm³/mol. The third-order valence-corrected chi connectivity index (χ3v) is 4.95. The lowest BCUT2D eigenvalue weighted by molar-refractivity contribution is 0.102. The summed E-state index contributed by atoms with van der Waals surface area (Å²) in [5, 5.41) is 5.35. The lowest BCUT2D eigenvalue weighted by Crippen LogP contribution is -2.36. The van der Waals surface area contributed by atoms with E-state index in [4.69, 9.17) is 4.74 Å². The van der Waals surface area contributed by atoms with Crippen LogP contribution in [0.25, 0.3) is 11.3 Å². The second kappa shape index (κ2) is 7.63. The highest BCUT2D eigenvalue weighted by Crippen LogP contribution is 2.25. The van der Waals surface area contributed by atoms with Crippen molar-refractivity contribution in [2.45, 2.75) is 0 Å². The van der Waals surface area contributed by atoms with Gasteiger partial charge in [0.25, 0.3) is 5.91 Å². The summed E-state index contributed by atoms with van der Waals surface area (Å²) in [5.41, 5.74) is 3.46. The first-order valence-corrected chi connectivity index (χ1v) is 9.27. The summed E-state index contributed by atoms with van der Waals surface area (Å²) in [4.78, 5) is 23.3. The number of pyridine rings is 1. The normalized spacial score (nSPS) is 14.2. The molecule has 3 heterocycles. The maximum atomic E-state index is 12.5. The van der Waals surface area contributed by atoms with Gasteiger partial charge in [-0.05, 0) is 36.4 Å². The lowest BCUT2D eigenvalue weighted by Gasteiger charge is -2.28. The number of hydrogen-bond donors (Lipinski definition) is 1. The molecule has 1 N–H and O–H groups in total. The number of nitrogens with zero attached hydrogens (tertiary/aromatic N) is 3. The Morgan fingerprint density at radius 1 is 1.15 bits per heavy atom. The van der Waals surface area contributed by atoms with Crippen LogP contribution in [-0.2, 0) is 4.74 Å². The highest BCUT2D eigenvalue weighted by Gasteiger charge is 2.13. The minimum Gasteiger partial charge on any atom is -0.378 e. The Hall–Kier alpha value is -2.77. The van der Waals surface area contributed by atoms with Gasteiger partial charge >= 0.3 is 0 Å². The minimum absolute atomic E-state index is 0.161. The zero-order valence-corrected chi connectivity index (χ0v) is 14.9. The van der Waals surface area contributed by atoms with Gasteiger partial charge in [-0.15, -0.1) is 11.3 Å². The summed E-state index contributed by atoms with van der Waals surface area (Å²) in [5.74, 6) is -0.161. The summed E-state index contributed by atoms with van der Waals surface area (Å²) >= 11 is 1.40. The molecule has 0 unspecified atom stereocenters. The van der Waals surface area contributed by atoms with E-state index in [1.165, 1.54) is 11.3 Å². The van der Waals surface area contributed by atoms with Gasteiger partial charge in [0.15, 0.2) is 5.13 Å². The van der Waals surface area contributed by atoms with Crippen LogP contribution in [0.3, 0.4) is 0 Å². The largest absolute Gasteiger partial charge is 0.378 e. The quantitative estimate of drug-likeness (QED) is 0.767. The van der Waals surface area contributed by atoms with E-state index < -0.39 is 0 Å². The average Bonchev–Trinajstić information content (AvgIpc) is 3.18. The van der Waals surface area contributed by atoms with Crippen molar-refractivity contribution in [3.63, 3.8) is 0 Å². The molecular formula is C19H18N4O2S. The highest BCUT2D eigenvalue weighted by atomic mass is 32.1. The van der Waals surface area contributed by atoms with Gasteiger partial charge in [0.1, 0.15) is 0 Å². The number of hydrogen-bond acceptors (Lipinski definition) is 6. The standard InChI is InChI=1S/C19H18N4O2S/c24-18(14-3-5-16(6-4-14)23-8-10-25-11-9-23)22-19-21-17(13-26-19)15-2-1-7-20-12-15/h1-7,12-13H,8-11H2,(H,21,22,24). The molecule has 3 aromatic rings. The van der Waals surface area contributed by atoms with Crippen LogP contribution in [0, 0.1) is 0 Å². The van der Waals surface area contributed by atoms with Gasteiger partial charge in [0.05, 0.1) is 18.9 Å². The molecule has 1 aliphatic heterocycles. The van der Waals surface area contributed by atoms with Crippen molar-refractivity contribution in [3.05, 3.63) is 59.7 Å². The molecule has 0 aliphatic carbocycles. The molecule has 1 saturated heterocycles. The predicted octanol–water partition coefficient (Wildman–Crippen LogP) is 3.29. The van der Waals surface area contributed by atoms with Gasteiger partial charge in [-0.3, -0.25) is 15.1 Å². The second-order valence-corrected chi connectivity index (χ2v) is 6.74. The van der Waals surface area contributed by atoms with E-state index in [-0.39, 0.29) is 5.91 Å². The number of ether oxygens (including phenoxy) is 1. The topological polar surface area (TPSA) is 67.4 Å². The van der Waals surface area contributed by atoms with Crippen molar-refractivity contribution in [2.75, 3.05) is 36.5 Å². The number of carbonyl (C=O) groups excluding carboxylic acids is 1. The molecule has 0 atom stereocenters. The van der Waals surface area contributed by atoms with Crippen LogP contribution < -0.4 is 10.2 Å². The molecule has 1 aliphatic rings. The van der Waals surface area contributed by atoms with Crippen LogP contribution in [0.15, 0.2) is 54.2 Å². The molecule has 1 amide bonds. The van der Waals surface area contributed by atoms with Crippen molar-refractivity contribution in [1.29, 1.82) is 0 Å². The van der Waals surface area contributed by atoms with Crippen molar-refractivity contribution < 1.29 is 9.53 Å². The van der Waals surface area contributed by atoms with E-state index in [2.05, 4.69) is 20.2 Å². The van der Waals surface area contributed by atoms with E-state index in [1.54, 1.807) is 12.4 Å². The molecule has 0 saturated carbocycles. The van der Waals surface area contributed by atoms with Crippen molar-refractivity contribution >= 4 is 28.1 Å². The van der Waals surface area contributed by atoms with Gasteiger partial charge in [0.2, 0.25) is 0 Å². The van der Waals surface area contributed by atoms with Crippen LogP contribution in [0.5, 0.6) is 0 Å². The highest BCUT2D eigenvalue weighted by molar-refractivity contribution is 7.14. The Balaban J connectivity index is 1.42. The number of aromatic nitrogens is 2. The first kappa shape index (κ1) is 16.7. The maximum absolute atomic E-state index is 12.5. The molecule has 4 rings (SSSR count). The average molecular weight is 366 g/mol. The number of carbonyl (C=O) groups is 1. The lowest BCUT2D eigenvalue weighted by atomic mass is 10.2. The smallest absolute Gasteiger partial charge is 0.257 e. The fourth-order valence-corrected chi connectivity index (χ4v) is 3.51. The van der Waals surface area contributed by atoms with Gasteiger partial charge in [0, 0.05) is 47.7 Å². The molecule has 26 heavy (non-hydrogen) atoms. The number of anilines is 2.